The third kappa shape index (κ3) is 11.3. The normalized spacial score (nSPS) is 30.5. The van der Waals surface area contributed by atoms with Gasteiger partial charge in [-0.15, -0.1) is 0 Å². The largest absolute Gasteiger partial charge is 0.291 e. The van der Waals surface area contributed by atoms with Crippen molar-refractivity contribution >= 4 is 5.57 Å². The van der Waals surface area contributed by atoms with Crippen LogP contribution in [0.15, 0.2) is 222 Å². The van der Waals surface area contributed by atoms with Crippen molar-refractivity contribution in [1.82, 2.24) is 26.6 Å². The number of hydrogen-bond donors (Lipinski definition) is 5. The number of rotatable bonds is 11. The van der Waals surface area contributed by atoms with Gasteiger partial charge in [-0.25, -0.2) is 0 Å². The molecule has 73 heavy (non-hydrogen) atoms. The third-order valence-electron chi connectivity index (χ3n) is 17.3. The molecular weight excluding hydrogens is 887 g/mol. The van der Waals surface area contributed by atoms with Gasteiger partial charge < -0.3 is 0 Å². The summed E-state index contributed by atoms with van der Waals surface area (Å²) >= 11 is 0. The predicted octanol–water partition coefficient (Wildman–Crippen LogP) is 14.8. The highest BCUT2D eigenvalue weighted by Crippen LogP contribution is 2.44. The Bertz CT molecular complexity index is 2910. The summed E-state index contributed by atoms with van der Waals surface area (Å²) in [5.41, 5.74) is 17.0. The lowest BCUT2D eigenvalue weighted by Gasteiger charge is -2.46. The average Bonchev–Trinajstić information content (AvgIpc) is 3.72. The SMILES string of the molecule is C1=CCCC(C2C=C(C3C=C(c4cccc(-c5cccc(C6CCC(c7ccccc7)NC(C7=CCCC=C7)N6)c5)c4)CCC3)CC(C3NC(C4=CCCC=C4)NC(C4=CC=CC(c5ccccc5)C4)N3)C2)=C1. The Kier molecular flexibility index (Phi) is 14.9. The second-order valence-electron chi connectivity index (χ2n) is 22.1. The van der Waals surface area contributed by atoms with Crippen LogP contribution in [0.4, 0.5) is 0 Å². The summed E-state index contributed by atoms with van der Waals surface area (Å²) in [6, 6.07) is 41.5. The van der Waals surface area contributed by atoms with E-state index in [-0.39, 0.29) is 30.7 Å². The first kappa shape index (κ1) is 48.0. The molecule has 8 aliphatic rings. The molecular formula is C68H75N5. The van der Waals surface area contributed by atoms with Crippen molar-refractivity contribution < 1.29 is 0 Å². The Labute approximate surface area is 435 Å². The summed E-state index contributed by atoms with van der Waals surface area (Å²) < 4.78 is 0. The van der Waals surface area contributed by atoms with Crippen molar-refractivity contribution in [2.24, 2.45) is 17.8 Å². The third-order valence-corrected chi connectivity index (χ3v) is 17.3. The van der Waals surface area contributed by atoms with Gasteiger partial charge in [-0.1, -0.05) is 193 Å². The molecule has 10 atom stereocenters. The number of nitrogens with one attached hydrogen (secondary N) is 5. The molecule has 5 N–H and O–H groups in total. The van der Waals surface area contributed by atoms with E-state index < -0.39 is 0 Å². The van der Waals surface area contributed by atoms with Gasteiger partial charge in [0.2, 0.25) is 0 Å². The van der Waals surface area contributed by atoms with E-state index in [4.69, 9.17) is 0 Å². The molecule has 5 heteroatoms. The minimum Gasteiger partial charge on any atom is -0.291 e. The van der Waals surface area contributed by atoms with Crippen LogP contribution in [-0.2, 0) is 0 Å². The van der Waals surface area contributed by atoms with Crippen molar-refractivity contribution in [1.29, 1.82) is 0 Å². The van der Waals surface area contributed by atoms with Gasteiger partial charge in [0.05, 0.1) is 24.7 Å². The summed E-state index contributed by atoms with van der Waals surface area (Å²) in [4.78, 5) is 0. The van der Waals surface area contributed by atoms with E-state index in [1.165, 1.54) is 68.5 Å². The zero-order valence-electron chi connectivity index (χ0n) is 42.6. The summed E-state index contributed by atoms with van der Waals surface area (Å²) in [6.07, 6.45) is 50.0. The van der Waals surface area contributed by atoms with Gasteiger partial charge in [-0.2, -0.15) is 0 Å². The van der Waals surface area contributed by atoms with Gasteiger partial charge in [0.15, 0.2) is 0 Å². The van der Waals surface area contributed by atoms with E-state index in [0.29, 0.717) is 29.7 Å². The summed E-state index contributed by atoms with van der Waals surface area (Å²) in [6.45, 7) is 0. The van der Waals surface area contributed by atoms with Crippen LogP contribution >= 0.6 is 0 Å². The van der Waals surface area contributed by atoms with Gasteiger partial charge >= 0.3 is 0 Å². The van der Waals surface area contributed by atoms with Gasteiger partial charge in [0.1, 0.15) is 0 Å². The zero-order chi connectivity index (χ0) is 48.8. The van der Waals surface area contributed by atoms with Crippen LogP contribution in [0.2, 0.25) is 0 Å². The molecule has 6 aliphatic carbocycles. The topological polar surface area (TPSA) is 60.1 Å². The zero-order valence-corrected chi connectivity index (χ0v) is 42.6. The minimum atomic E-state index is 0.0865. The molecule has 0 bridgehead atoms. The molecule has 2 fully saturated rings. The Morgan fingerprint density at radius 3 is 1.85 bits per heavy atom. The summed E-state index contributed by atoms with van der Waals surface area (Å²) in [5.74, 6) is 1.72. The number of benzene rings is 4. The fourth-order valence-corrected chi connectivity index (χ4v) is 13.4. The van der Waals surface area contributed by atoms with E-state index in [0.717, 1.165) is 77.0 Å². The molecule has 372 valence electrons. The average molecular weight is 962 g/mol. The Hall–Kier alpha value is -5.92. The first-order chi connectivity index (χ1) is 36.1. The summed E-state index contributed by atoms with van der Waals surface area (Å²) in [7, 11) is 0. The molecule has 0 amide bonds. The fraction of sp³-hybridized carbons (Fsp3) is 0.353. The Balaban J connectivity index is 0.801. The van der Waals surface area contributed by atoms with Crippen LogP contribution in [0.3, 0.4) is 0 Å². The Morgan fingerprint density at radius 1 is 0.438 bits per heavy atom. The fourth-order valence-electron chi connectivity index (χ4n) is 13.4. The molecule has 0 aromatic heterocycles. The molecule has 5 nitrogen and oxygen atoms in total. The molecule has 2 saturated heterocycles. The van der Waals surface area contributed by atoms with Crippen LogP contribution in [-0.4, -0.2) is 24.7 Å². The number of allylic oxidation sites excluding steroid dienone is 15. The highest BCUT2D eigenvalue weighted by Gasteiger charge is 2.39. The van der Waals surface area contributed by atoms with E-state index in [2.05, 4.69) is 221 Å². The van der Waals surface area contributed by atoms with E-state index >= 15 is 0 Å². The second-order valence-corrected chi connectivity index (χ2v) is 22.1. The maximum Gasteiger partial charge on any atom is 0.0858 e. The van der Waals surface area contributed by atoms with Gasteiger partial charge in [0.25, 0.3) is 0 Å². The molecule has 0 radical (unpaired) electrons. The minimum absolute atomic E-state index is 0.0865. The van der Waals surface area contributed by atoms with Gasteiger partial charge in [-0.3, -0.25) is 26.6 Å². The van der Waals surface area contributed by atoms with Gasteiger partial charge in [0, 0.05) is 18.0 Å². The van der Waals surface area contributed by atoms with Crippen LogP contribution in [0, 0.1) is 17.8 Å². The molecule has 0 saturated carbocycles. The van der Waals surface area contributed by atoms with Crippen molar-refractivity contribution in [3.05, 3.63) is 244 Å². The predicted molar refractivity (Wildman–Crippen MR) is 304 cm³/mol. The van der Waals surface area contributed by atoms with Crippen LogP contribution < -0.4 is 26.6 Å². The number of hydrogen-bond acceptors (Lipinski definition) is 5. The van der Waals surface area contributed by atoms with E-state index in [1.807, 2.05) is 0 Å². The molecule has 2 heterocycles. The van der Waals surface area contributed by atoms with Crippen molar-refractivity contribution in [3.8, 4) is 11.1 Å². The van der Waals surface area contributed by atoms with Crippen LogP contribution in [0.5, 0.6) is 0 Å². The van der Waals surface area contributed by atoms with E-state index in [9.17, 15) is 0 Å². The quantitative estimate of drug-likeness (QED) is 0.0970. The van der Waals surface area contributed by atoms with Crippen LogP contribution in [0.25, 0.3) is 16.7 Å². The highest BCUT2D eigenvalue weighted by molar-refractivity contribution is 5.74. The molecule has 4 aromatic carbocycles. The molecule has 10 unspecified atom stereocenters. The molecule has 12 rings (SSSR count). The second kappa shape index (κ2) is 22.7. The van der Waals surface area contributed by atoms with Crippen molar-refractivity contribution in [3.63, 3.8) is 0 Å². The smallest absolute Gasteiger partial charge is 0.0858 e. The molecule has 2 aliphatic heterocycles. The van der Waals surface area contributed by atoms with Gasteiger partial charge in [-0.05, 0) is 175 Å². The first-order valence-electron chi connectivity index (χ1n) is 28.1. The van der Waals surface area contributed by atoms with Crippen LogP contribution in [0.1, 0.15) is 130 Å². The lowest BCUT2D eigenvalue weighted by Crippen LogP contribution is -2.70. The highest BCUT2D eigenvalue weighted by atomic mass is 15.4. The van der Waals surface area contributed by atoms with Crippen molar-refractivity contribution in [2.45, 2.75) is 133 Å². The molecule has 0 spiro atoms. The van der Waals surface area contributed by atoms with E-state index in [1.54, 1.807) is 11.1 Å². The molecule has 4 aromatic rings. The maximum atomic E-state index is 4.23. The first-order valence-corrected chi connectivity index (χ1v) is 28.1. The lowest BCUT2D eigenvalue weighted by atomic mass is 9.70. The maximum absolute atomic E-state index is 4.23. The summed E-state index contributed by atoms with van der Waals surface area (Å²) in [5, 5.41) is 20.6. The Morgan fingerprint density at radius 2 is 1.11 bits per heavy atom. The monoisotopic (exact) mass is 962 g/mol. The lowest BCUT2D eigenvalue weighted by molar-refractivity contribution is 0.163. The van der Waals surface area contributed by atoms with Crippen molar-refractivity contribution in [2.75, 3.05) is 0 Å². The standard InChI is InChI=1S/C68H75N5/c1-6-20-47(21-7-1)52-30-19-37-59(43-52)67-71-66(51-28-14-5-15-29-51)72-68(73-67)62-45-60(48-22-8-2-9-23-48)44-61(46-62)57-35-17-33-55(41-57)53-31-16-32-54(40-53)56-34-18-36-58(42-56)64-39-38-63(49-24-10-3-11-25-49)69-65(70-64)50-26-12-4-13-27-50/h1-3,6-8,10-12,14,16,18-22,24-32,34,36-37,40-42,44,52,57,60,62-73H,4-5,9,13,15,17,23,33,35,38-39,43,45-46H2.